The molecule has 0 spiro atoms. The smallest absolute Gasteiger partial charge is 0.180 e. The first-order chi connectivity index (χ1) is 14.4. The molecule has 136 valence electrons. The second-order valence-electron chi connectivity index (χ2n) is 7.51. The molecule has 0 unspecified atom stereocenters. The van der Waals surface area contributed by atoms with E-state index in [2.05, 4.69) is 107 Å². The van der Waals surface area contributed by atoms with E-state index < -0.39 is 8.07 Å². The Bertz CT molecular complexity index is 1310. The summed E-state index contributed by atoms with van der Waals surface area (Å²) in [6.45, 7) is 0. The second-order valence-corrected chi connectivity index (χ2v) is 11.2. The minimum absolute atomic E-state index is 1.01. The Labute approximate surface area is 170 Å². The molecule has 2 heterocycles. The summed E-state index contributed by atoms with van der Waals surface area (Å²) in [5.41, 5.74) is 3.67. The quantitative estimate of drug-likeness (QED) is 0.428. The van der Waals surface area contributed by atoms with Crippen molar-refractivity contribution in [1.29, 1.82) is 0 Å². The van der Waals surface area contributed by atoms with Crippen molar-refractivity contribution in [1.82, 2.24) is 9.97 Å². The third kappa shape index (κ3) is 2.22. The molecule has 0 aliphatic carbocycles. The molecule has 0 amide bonds. The van der Waals surface area contributed by atoms with Crippen molar-refractivity contribution in [2.75, 3.05) is 0 Å². The van der Waals surface area contributed by atoms with E-state index in [9.17, 15) is 0 Å². The molecule has 0 saturated heterocycles. The van der Waals surface area contributed by atoms with Crippen molar-refractivity contribution < 1.29 is 0 Å². The van der Waals surface area contributed by atoms with E-state index in [1.807, 2.05) is 6.20 Å². The van der Waals surface area contributed by atoms with Gasteiger partial charge in [-0.3, -0.25) is 0 Å². The normalized spacial score (nSPS) is 13.8. The van der Waals surface area contributed by atoms with Crippen LogP contribution < -0.4 is 20.7 Å². The van der Waals surface area contributed by atoms with Crippen LogP contribution in [0.2, 0.25) is 0 Å². The highest BCUT2D eigenvalue weighted by molar-refractivity contribution is 7.22. The van der Waals surface area contributed by atoms with Crippen molar-refractivity contribution in [2.24, 2.45) is 0 Å². The van der Waals surface area contributed by atoms with Gasteiger partial charge in [0.2, 0.25) is 0 Å². The lowest BCUT2D eigenvalue weighted by atomic mass is 10.0. The molecule has 2 nitrogen and oxygen atoms in total. The van der Waals surface area contributed by atoms with E-state index in [1.165, 1.54) is 31.9 Å². The average molecular weight is 387 g/mol. The van der Waals surface area contributed by atoms with Crippen molar-refractivity contribution >= 4 is 39.7 Å². The largest absolute Gasteiger partial charge is 0.244 e. The molecule has 0 saturated carbocycles. The van der Waals surface area contributed by atoms with E-state index in [0.717, 1.165) is 10.9 Å². The standard InChI is InChI=1S/C26H18N2Si/c1-3-9-20(10-4-1)29(21-11-5-2-6-12-21)25-14-8-7-13-22(25)23-15-19-17-27-18-28-24(19)16-26(23)29/h1-18H. The highest BCUT2D eigenvalue weighted by Crippen LogP contribution is 2.30. The van der Waals surface area contributed by atoms with Crippen molar-refractivity contribution in [3.63, 3.8) is 0 Å². The fourth-order valence-corrected chi connectivity index (χ4v) is 10.1. The molecule has 1 aromatic heterocycles. The number of aromatic nitrogens is 2. The van der Waals surface area contributed by atoms with Gasteiger partial charge >= 0.3 is 0 Å². The minimum atomic E-state index is -2.40. The summed E-state index contributed by atoms with van der Waals surface area (Å²) in [5.74, 6) is 0. The Balaban J connectivity index is 1.83. The van der Waals surface area contributed by atoms with Crippen molar-refractivity contribution in [3.05, 3.63) is 110 Å². The summed E-state index contributed by atoms with van der Waals surface area (Å²) >= 11 is 0. The molecule has 0 radical (unpaired) electrons. The molecule has 3 heteroatoms. The van der Waals surface area contributed by atoms with Crippen LogP contribution in [-0.2, 0) is 0 Å². The Hall–Kier alpha value is -3.56. The predicted octanol–water partition coefficient (Wildman–Crippen LogP) is 2.99. The van der Waals surface area contributed by atoms with E-state index in [4.69, 9.17) is 0 Å². The van der Waals surface area contributed by atoms with Gasteiger partial charge in [0.05, 0.1) is 5.52 Å². The number of rotatable bonds is 2. The maximum atomic E-state index is 4.59. The van der Waals surface area contributed by atoms with Gasteiger partial charge in [-0.2, -0.15) is 0 Å². The summed E-state index contributed by atoms with van der Waals surface area (Å²) < 4.78 is 0. The number of hydrogen-bond acceptors (Lipinski definition) is 2. The molecule has 29 heavy (non-hydrogen) atoms. The van der Waals surface area contributed by atoms with Crippen LogP contribution in [0, 0.1) is 0 Å². The lowest BCUT2D eigenvalue weighted by Crippen LogP contribution is -2.72. The summed E-state index contributed by atoms with van der Waals surface area (Å²) in [4.78, 5) is 8.83. The zero-order valence-electron chi connectivity index (χ0n) is 15.8. The fourth-order valence-electron chi connectivity index (χ4n) is 4.92. The minimum Gasteiger partial charge on any atom is -0.244 e. The third-order valence-corrected chi connectivity index (χ3v) is 10.9. The van der Waals surface area contributed by atoms with Crippen LogP contribution in [0.4, 0.5) is 0 Å². The summed E-state index contributed by atoms with van der Waals surface area (Å²) in [6, 6.07) is 35.6. The number of fused-ring (bicyclic) bond motifs is 4. The van der Waals surface area contributed by atoms with Gasteiger partial charge in [-0.15, -0.1) is 0 Å². The molecule has 0 bridgehead atoms. The molecule has 1 aliphatic heterocycles. The van der Waals surface area contributed by atoms with Crippen LogP contribution in [0.15, 0.2) is 110 Å². The Morgan fingerprint density at radius 2 is 1.24 bits per heavy atom. The van der Waals surface area contributed by atoms with E-state index in [1.54, 1.807) is 6.33 Å². The Kier molecular flexibility index (Phi) is 3.52. The lowest BCUT2D eigenvalue weighted by Gasteiger charge is -2.31. The fraction of sp³-hybridized carbons (Fsp3) is 0. The van der Waals surface area contributed by atoms with E-state index in [0.29, 0.717) is 0 Å². The van der Waals surface area contributed by atoms with Gasteiger partial charge in [0.1, 0.15) is 6.33 Å². The maximum Gasteiger partial charge on any atom is 0.180 e. The topological polar surface area (TPSA) is 25.8 Å². The summed E-state index contributed by atoms with van der Waals surface area (Å²) in [6.07, 6.45) is 3.56. The zero-order chi connectivity index (χ0) is 19.3. The third-order valence-electron chi connectivity index (χ3n) is 6.08. The highest BCUT2D eigenvalue weighted by atomic mass is 28.3. The lowest BCUT2D eigenvalue weighted by molar-refractivity contribution is 1.22. The first kappa shape index (κ1) is 16.4. The van der Waals surface area contributed by atoms with Crippen LogP contribution in [0.5, 0.6) is 0 Å². The first-order valence-corrected chi connectivity index (χ1v) is 11.8. The SMILES string of the molecule is c1ccc([Si]2(c3ccccc3)c3ccccc3-c3cc4cncnc4cc32)cc1. The van der Waals surface area contributed by atoms with Crippen LogP contribution in [0.3, 0.4) is 0 Å². The van der Waals surface area contributed by atoms with Crippen LogP contribution in [0.1, 0.15) is 0 Å². The molecular formula is C26H18N2Si. The van der Waals surface area contributed by atoms with Gasteiger partial charge in [-0.1, -0.05) is 84.9 Å². The number of benzene rings is 4. The van der Waals surface area contributed by atoms with Gasteiger partial charge in [0, 0.05) is 11.6 Å². The molecule has 4 aromatic carbocycles. The summed E-state index contributed by atoms with van der Waals surface area (Å²) in [7, 11) is -2.40. The number of nitrogens with zero attached hydrogens (tertiary/aromatic N) is 2. The Morgan fingerprint density at radius 1 is 0.586 bits per heavy atom. The second kappa shape index (κ2) is 6.22. The van der Waals surface area contributed by atoms with Crippen LogP contribution in [0.25, 0.3) is 22.0 Å². The van der Waals surface area contributed by atoms with E-state index in [-0.39, 0.29) is 0 Å². The summed E-state index contributed by atoms with van der Waals surface area (Å²) in [5, 5.41) is 6.78. The first-order valence-electron chi connectivity index (χ1n) is 9.84. The van der Waals surface area contributed by atoms with Gasteiger partial charge in [-0.05, 0) is 44.0 Å². The highest BCUT2D eigenvalue weighted by Gasteiger charge is 2.48. The molecule has 5 aromatic rings. The molecule has 0 fully saturated rings. The van der Waals surface area contributed by atoms with Crippen molar-refractivity contribution in [2.45, 2.75) is 0 Å². The molecule has 0 atom stereocenters. The Morgan fingerprint density at radius 3 is 1.97 bits per heavy atom. The maximum absolute atomic E-state index is 4.59. The van der Waals surface area contributed by atoms with Gasteiger partial charge in [0.15, 0.2) is 8.07 Å². The monoisotopic (exact) mass is 386 g/mol. The van der Waals surface area contributed by atoms with Crippen LogP contribution >= 0.6 is 0 Å². The van der Waals surface area contributed by atoms with Gasteiger partial charge in [-0.25, -0.2) is 9.97 Å². The predicted molar refractivity (Wildman–Crippen MR) is 122 cm³/mol. The molecular weight excluding hydrogens is 368 g/mol. The van der Waals surface area contributed by atoms with Crippen LogP contribution in [-0.4, -0.2) is 18.0 Å². The zero-order valence-corrected chi connectivity index (χ0v) is 16.8. The number of hydrogen-bond donors (Lipinski definition) is 0. The van der Waals surface area contributed by atoms with Gasteiger partial charge < -0.3 is 0 Å². The molecule has 6 rings (SSSR count). The average Bonchev–Trinajstić information content (AvgIpc) is 3.09. The molecule has 0 N–H and O–H groups in total. The molecule has 1 aliphatic rings. The van der Waals surface area contributed by atoms with Gasteiger partial charge in [0.25, 0.3) is 0 Å². The van der Waals surface area contributed by atoms with Crippen molar-refractivity contribution in [3.8, 4) is 11.1 Å². The van der Waals surface area contributed by atoms with E-state index >= 15 is 0 Å².